The lowest BCUT2D eigenvalue weighted by atomic mass is 9.90. The van der Waals surface area contributed by atoms with E-state index in [2.05, 4.69) is 10.3 Å². The first-order valence-corrected chi connectivity index (χ1v) is 6.78. The van der Waals surface area contributed by atoms with Gasteiger partial charge in [0.15, 0.2) is 0 Å². The number of carbonyl (C=O) groups excluding carboxylic acids is 1. The van der Waals surface area contributed by atoms with Crippen LogP contribution in [0.5, 0.6) is 0 Å². The SMILES string of the molecule is CC(C)(CNC(=O)CCc1ccccn1)c1ccco1. The van der Waals surface area contributed by atoms with Gasteiger partial charge < -0.3 is 9.73 Å². The van der Waals surface area contributed by atoms with Gasteiger partial charge in [-0.2, -0.15) is 0 Å². The number of hydrogen-bond donors (Lipinski definition) is 1. The number of carbonyl (C=O) groups is 1. The van der Waals surface area contributed by atoms with E-state index in [1.165, 1.54) is 0 Å². The van der Waals surface area contributed by atoms with Gasteiger partial charge in [0.05, 0.1) is 6.26 Å². The zero-order valence-corrected chi connectivity index (χ0v) is 11.9. The molecule has 1 amide bonds. The number of nitrogens with zero attached hydrogens (tertiary/aromatic N) is 1. The molecular weight excluding hydrogens is 252 g/mol. The van der Waals surface area contributed by atoms with Gasteiger partial charge in [-0.1, -0.05) is 19.9 Å². The molecule has 20 heavy (non-hydrogen) atoms. The van der Waals surface area contributed by atoms with E-state index in [1.54, 1.807) is 12.5 Å². The highest BCUT2D eigenvalue weighted by Crippen LogP contribution is 2.22. The highest BCUT2D eigenvalue weighted by molar-refractivity contribution is 5.76. The van der Waals surface area contributed by atoms with E-state index in [0.29, 0.717) is 19.4 Å². The van der Waals surface area contributed by atoms with Crippen molar-refractivity contribution >= 4 is 5.91 Å². The highest BCUT2D eigenvalue weighted by Gasteiger charge is 2.24. The van der Waals surface area contributed by atoms with Crippen molar-refractivity contribution in [1.82, 2.24) is 10.3 Å². The van der Waals surface area contributed by atoms with Crippen LogP contribution in [0.2, 0.25) is 0 Å². The Kier molecular flexibility index (Phi) is 4.56. The lowest BCUT2D eigenvalue weighted by Gasteiger charge is -2.22. The van der Waals surface area contributed by atoms with Crippen molar-refractivity contribution < 1.29 is 9.21 Å². The van der Waals surface area contributed by atoms with Crippen LogP contribution in [0, 0.1) is 0 Å². The minimum absolute atomic E-state index is 0.0373. The Morgan fingerprint density at radius 2 is 2.15 bits per heavy atom. The van der Waals surface area contributed by atoms with Crippen LogP contribution in [-0.4, -0.2) is 17.4 Å². The maximum absolute atomic E-state index is 11.9. The Hall–Kier alpha value is -2.10. The van der Waals surface area contributed by atoms with E-state index >= 15 is 0 Å². The maximum Gasteiger partial charge on any atom is 0.220 e. The molecule has 0 unspecified atom stereocenters. The Bertz CT molecular complexity index is 533. The lowest BCUT2D eigenvalue weighted by Crippen LogP contribution is -2.36. The molecule has 2 rings (SSSR count). The number of aryl methyl sites for hydroxylation is 1. The molecule has 0 saturated heterocycles. The Morgan fingerprint density at radius 3 is 2.80 bits per heavy atom. The van der Waals surface area contributed by atoms with Gasteiger partial charge >= 0.3 is 0 Å². The second-order valence-electron chi connectivity index (χ2n) is 5.46. The van der Waals surface area contributed by atoms with Crippen molar-refractivity contribution in [2.75, 3.05) is 6.54 Å². The molecule has 0 aliphatic carbocycles. The van der Waals surface area contributed by atoms with E-state index in [0.717, 1.165) is 11.5 Å². The van der Waals surface area contributed by atoms with E-state index in [9.17, 15) is 4.79 Å². The fraction of sp³-hybridized carbons (Fsp3) is 0.375. The third-order valence-corrected chi connectivity index (χ3v) is 3.25. The summed E-state index contributed by atoms with van der Waals surface area (Å²) in [4.78, 5) is 16.1. The second kappa shape index (κ2) is 6.37. The first kappa shape index (κ1) is 14.3. The first-order valence-electron chi connectivity index (χ1n) is 6.78. The van der Waals surface area contributed by atoms with Crippen LogP contribution in [0.25, 0.3) is 0 Å². The van der Waals surface area contributed by atoms with Gasteiger partial charge in [0.25, 0.3) is 0 Å². The maximum atomic E-state index is 11.9. The summed E-state index contributed by atoms with van der Waals surface area (Å²) in [6, 6.07) is 9.52. The third kappa shape index (κ3) is 3.95. The molecular formula is C16H20N2O2. The standard InChI is InChI=1S/C16H20N2O2/c1-16(2,14-7-5-11-20-14)12-18-15(19)9-8-13-6-3-4-10-17-13/h3-7,10-11H,8-9,12H2,1-2H3,(H,18,19). The molecule has 106 valence electrons. The number of hydrogen-bond acceptors (Lipinski definition) is 3. The molecule has 0 atom stereocenters. The molecule has 1 N–H and O–H groups in total. The summed E-state index contributed by atoms with van der Waals surface area (Å²) < 4.78 is 5.40. The summed E-state index contributed by atoms with van der Waals surface area (Å²) in [5.41, 5.74) is 0.734. The minimum atomic E-state index is -0.204. The smallest absolute Gasteiger partial charge is 0.220 e. The van der Waals surface area contributed by atoms with Crippen molar-refractivity contribution in [2.45, 2.75) is 32.1 Å². The van der Waals surface area contributed by atoms with E-state index < -0.39 is 0 Å². The molecule has 4 nitrogen and oxygen atoms in total. The summed E-state index contributed by atoms with van der Waals surface area (Å²) in [6.45, 7) is 4.65. The van der Waals surface area contributed by atoms with E-state index in [1.807, 2.05) is 44.2 Å². The fourth-order valence-electron chi connectivity index (χ4n) is 1.95. The topological polar surface area (TPSA) is 55.1 Å². The third-order valence-electron chi connectivity index (χ3n) is 3.25. The van der Waals surface area contributed by atoms with Crippen LogP contribution in [0.1, 0.15) is 31.7 Å². The molecule has 0 saturated carbocycles. The van der Waals surface area contributed by atoms with Crippen molar-refractivity contribution in [3.05, 3.63) is 54.2 Å². The van der Waals surface area contributed by atoms with Crippen molar-refractivity contribution in [3.8, 4) is 0 Å². The molecule has 0 aliphatic rings. The molecule has 0 spiro atoms. The van der Waals surface area contributed by atoms with Crippen LogP contribution in [0.3, 0.4) is 0 Å². The molecule has 0 fully saturated rings. The van der Waals surface area contributed by atoms with Crippen LogP contribution in [-0.2, 0) is 16.6 Å². The fourth-order valence-corrected chi connectivity index (χ4v) is 1.95. The average Bonchev–Trinajstić information content (AvgIpc) is 2.99. The van der Waals surface area contributed by atoms with Crippen LogP contribution in [0.4, 0.5) is 0 Å². The summed E-state index contributed by atoms with van der Waals surface area (Å²) in [6.07, 6.45) is 4.51. The molecule has 0 radical (unpaired) electrons. The Morgan fingerprint density at radius 1 is 1.30 bits per heavy atom. The molecule has 0 aliphatic heterocycles. The normalized spacial score (nSPS) is 11.3. The molecule has 2 aromatic heterocycles. The quantitative estimate of drug-likeness (QED) is 0.879. The average molecular weight is 272 g/mol. The number of furan rings is 1. The predicted octanol–water partition coefficient (Wildman–Crippen LogP) is 2.70. The van der Waals surface area contributed by atoms with Gasteiger partial charge in [0, 0.05) is 30.3 Å². The number of pyridine rings is 1. The van der Waals surface area contributed by atoms with Gasteiger partial charge in [-0.15, -0.1) is 0 Å². The van der Waals surface area contributed by atoms with Gasteiger partial charge in [-0.05, 0) is 30.7 Å². The van der Waals surface area contributed by atoms with Crippen LogP contribution < -0.4 is 5.32 Å². The van der Waals surface area contributed by atoms with Gasteiger partial charge in [-0.3, -0.25) is 9.78 Å². The monoisotopic (exact) mass is 272 g/mol. The van der Waals surface area contributed by atoms with E-state index in [4.69, 9.17) is 4.42 Å². The van der Waals surface area contributed by atoms with Crippen LogP contribution in [0.15, 0.2) is 47.2 Å². The molecule has 0 aromatic carbocycles. The predicted molar refractivity (Wildman–Crippen MR) is 77.3 cm³/mol. The second-order valence-corrected chi connectivity index (χ2v) is 5.46. The number of nitrogens with one attached hydrogen (secondary N) is 1. The van der Waals surface area contributed by atoms with Gasteiger partial charge in [0.1, 0.15) is 5.76 Å². The lowest BCUT2D eigenvalue weighted by molar-refractivity contribution is -0.121. The van der Waals surface area contributed by atoms with Gasteiger partial charge in [-0.25, -0.2) is 0 Å². The molecule has 0 bridgehead atoms. The summed E-state index contributed by atoms with van der Waals surface area (Å²) in [5.74, 6) is 0.915. The summed E-state index contributed by atoms with van der Waals surface area (Å²) >= 11 is 0. The number of aromatic nitrogens is 1. The van der Waals surface area contributed by atoms with Crippen molar-refractivity contribution in [1.29, 1.82) is 0 Å². The van der Waals surface area contributed by atoms with Crippen molar-refractivity contribution in [3.63, 3.8) is 0 Å². The highest BCUT2D eigenvalue weighted by atomic mass is 16.3. The molecule has 2 heterocycles. The molecule has 2 aromatic rings. The Balaban J connectivity index is 1.78. The largest absolute Gasteiger partial charge is 0.469 e. The zero-order chi connectivity index (χ0) is 14.4. The van der Waals surface area contributed by atoms with Crippen LogP contribution >= 0.6 is 0 Å². The Labute approximate surface area is 119 Å². The first-order chi connectivity index (χ1) is 9.58. The molecule has 4 heteroatoms. The van der Waals surface area contributed by atoms with Crippen molar-refractivity contribution in [2.24, 2.45) is 0 Å². The van der Waals surface area contributed by atoms with E-state index in [-0.39, 0.29) is 11.3 Å². The van der Waals surface area contributed by atoms with Gasteiger partial charge in [0.2, 0.25) is 5.91 Å². The minimum Gasteiger partial charge on any atom is -0.469 e. The zero-order valence-electron chi connectivity index (χ0n) is 11.9. The number of amides is 1. The number of rotatable bonds is 6. The summed E-state index contributed by atoms with van der Waals surface area (Å²) in [5, 5.41) is 2.95. The summed E-state index contributed by atoms with van der Waals surface area (Å²) in [7, 11) is 0.